The Hall–Kier alpha value is -1.69. The van der Waals surface area contributed by atoms with Crippen molar-refractivity contribution in [1.29, 1.82) is 0 Å². The van der Waals surface area contributed by atoms with E-state index >= 15 is 0 Å². The molecule has 1 N–H and O–H groups in total. The van der Waals surface area contributed by atoms with Crippen LogP contribution < -0.4 is 5.56 Å². The first-order valence-electron chi connectivity index (χ1n) is 4.77. The molecule has 88 valence electrons. The smallest absolute Gasteiger partial charge is 0.345 e. The zero-order chi connectivity index (χ0) is 12.1. The van der Waals surface area contributed by atoms with Crippen LogP contribution in [0.4, 0.5) is 0 Å². The van der Waals surface area contributed by atoms with Crippen molar-refractivity contribution in [2.75, 3.05) is 14.2 Å². The van der Waals surface area contributed by atoms with Crippen LogP contribution in [-0.4, -0.2) is 36.3 Å². The molecule has 0 radical (unpaired) electrons. The van der Waals surface area contributed by atoms with E-state index in [1.54, 1.807) is 7.11 Å². The van der Waals surface area contributed by atoms with E-state index in [1.807, 2.05) is 6.92 Å². The van der Waals surface area contributed by atoms with Gasteiger partial charge in [-0.25, -0.2) is 9.78 Å². The van der Waals surface area contributed by atoms with Gasteiger partial charge in [-0.15, -0.1) is 0 Å². The third-order valence-corrected chi connectivity index (χ3v) is 2.14. The highest BCUT2D eigenvalue weighted by Crippen LogP contribution is 1.98. The Labute approximate surface area is 92.6 Å². The molecule has 1 atom stereocenters. The minimum absolute atomic E-state index is 0.0490. The molecule has 0 saturated heterocycles. The lowest BCUT2D eigenvalue weighted by atomic mass is 10.2. The molecule has 16 heavy (non-hydrogen) atoms. The van der Waals surface area contributed by atoms with Crippen molar-refractivity contribution < 1.29 is 14.3 Å². The van der Waals surface area contributed by atoms with Gasteiger partial charge in [-0.1, -0.05) is 0 Å². The number of carbonyl (C=O) groups is 1. The second-order valence-electron chi connectivity index (χ2n) is 3.31. The number of hydrogen-bond donors (Lipinski definition) is 1. The fourth-order valence-electron chi connectivity index (χ4n) is 1.15. The number of carbonyl (C=O) groups excluding carboxylic acids is 1. The number of aromatic nitrogens is 2. The van der Waals surface area contributed by atoms with Gasteiger partial charge < -0.3 is 14.5 Å². The van der Waals surface area contributed by atoms with E-state index < -0.39 is 11.5 Å². The van der Waals surface area contributed by atoms with Crippen LogP contribution in [0.2, 0.25) is 0 Å². The zero-order valence-corrected chi connectivity index (χ0v) is 9.44. The Morgan fingerprint density at radius 2 is 2.25 bits per heavy atom. The quantitative estimate of drug-likeness (QED) is 0.738. The molecular formula is C10H14N2O4. The maximum atomic E-state index is 11.5. The van der Waals surface area contributed by atoms with Gasteiger partial charge in [-0.3, -0.25) is 4.79 Å². The van der Waals surface area contributed by atoms with Gasteiger partial charge in [0.25, 0.3) is 5.56 Å². The number of hydrogen-bond acceptors (Lipinski definition) is 5. The molecule has 6 heteroatoms. The summed E-state index contributed by atoms with van der Waals surface area (Å²) in [5, 5.41) is 0. The molecule has 0 aliphatic heterocycles. The van der Waals surface area contributed by atoms with E-state index in [2.05, 4.69) is 14.7 Å². The Balaban J connectivity index is 2.91. The third kappa shape index (κ3) is 2.90. The average molecular weight is 226 g/mol. The SMILES string of the molecule is COC(=O)c1cnc(CC(C)OC)[nH]c1=O. The van der Waals surface area contributed by atoms with Crippen molar-refractivity contribution in [3.8, 4) is 0 Å². The predicted molar refractivity (Wildman–Crippen MR) is 56.4 cm³/mol. The van der Waals surface area contributed by atoms with E-state index in [0.29, 0.717) is 12.2 Å². The van der Waals surface area contributed by atoms with Crippen molar-refractivity contribution in [3.63, 3.8) is 0 Å². The van der Waals surface area contributed by atoms with Gasteiger partial charge in [-0.2, -0.15) is 0 Å². The molecular weight excluding hydrogens is 212 g/mol. The molecule has 0 aliphatic carbocycles. The van der Waals surface area contributed by atoms with Crippen LogP contribution in [0.15, 0.2) is 11.0 Å². The molecule has 0 fully saturated rings. The summed E-state index contributed by atoms with van der Waals surface area (Å²) >= 11 is 0. The summed E-state index contributed by atoms with van der Waals surface area (Å²) in [5.74, 6) is -0.216. The predicted octanol–water partition coefficient (Wildman–Crippen LogP) is 0.134. The van der Waals surface area contributed by atoms with Gasteiger partial charge >= 0.3 is 5.97 Å². The molecule has 0 saturated carbocycles. The Bertz CT molecular complexity index is 427. The Kier molecular flexibility index (Phi) is 4.19. The van der Waals surface area contributed by atoms with Crippen molar-refractivity contribution >= 4 is 5.97 Å². The summed E-state index contributed by atoms with van der Waals surface area (Å²) in [6, 6.07) is 0. The molecule has 1 aromatic rings. The molecule has 1 aromatic heterocycles. The first-order valence-corrected chi connectivity index (χ1v) is 4.77. The van der Waals surface area contributed by atoms with Crippen molar-refractivity contribution in [3.05, 3.63) is 27.9 Å². The van der Waals surface area contributed by atoms with Gasteiger partial charge in [0.2, 0.25) is 0 Å². The number of H-pyrrole nitrogens is 1. The monoisotopic (exact) mass is 226 g/mol. The highest BCUT2D eigenvalue weighted by atomic mass is 16.5. The molecule has 0 aromatic carbocycles. The van der Waals surface area contributed by atoms with Crippen LogP contribution in [0.1, 0.15) is 23.1 Å². The fraction of sp³-hybridized carbons (Fsp3) is 0.500. The first-order chi connectivity index (χ1) is 7.58. The third-order valence-electron chi connectivity index (χ3n) is 2.14. The molecule has 0 spiro atoms. The number of nitrogens with zero attached hydrogens (tertiary/aromatic N) is 1. The number of ether oxygens (including phenoxy) is 2. The minimum atomic E-state index is -0.694. The summed E-state index contributed by atoms with van der Waals surface area (Å²) in [6.07, 6.45) is 1.64. The van der Waals surface area contributed by atoms with E-state index in [-0.39, 0.29) is 11.7 Å². The molecule has 0 amide bonds. The van der Waals surface area contributed by atoms with Crippen molar-refractivity contribution in [1.82, 2.24) is 9.97 Å². The minimum Gasteiger partial charge on any atom is -0.465 e. The number of methoxy groups -OCH3 is 2. The van der Waals surface area contributed by atoms with E-state index in [1.165, 1.54) is 13.3 Å². The van der Waals surface area contributed by atoms with Gasteiger partial charge in [-0.05, 0) is 6.92 Å². The molecule has 6 nitrogen and oxygen atoms in total. The van der Waals surface area contributed by atoms with Gasteiger partial charge in [0.15, 0.2) is 0 Å². The standard InChI is InChI=1S/C10H14N2O4/c1-6(15-2)4-8-11-5-7(9(13)12-8)10(14)16-3/h5-6H,4H2,1-3H3,(H,11,12,13). The normalized spacial score (nSPS) is 12.2. The van der Waals surface area contributed by atoms with Crippen LogP contribution in [0.5, 0.6) is 0 Å². The maximum Gasteiger partial charge on any atom is 0.345 e. The van der Waals surface area contributed by atoms with Crippen LogP contribution in [0.25, 0.3) is 0 Å². The zero-order valence-electron chi connectivity index (χ0n) is 9.44. The second-order valence-corrected chi connectivity index (χ2v) is 3.31. The fourth-order valence-corrected chi connectivity index (χ4v) is 1.15. The average Bonchev–Trinajstić information content (AvgIpc) is 2.28. The Morgan fingerprint density at radius 3 is 2.75 bits per heavy atom. The summed E-state index contributed by atoms with van der Waals surface area (Å²) in [5.41, 5.74) is -0.600. The summed E-state index contributed by atoms with van der Waals surface area (Å²) < 4.78 is 9.47. The molecule has 1 rings (SSSR count). The van der Waals surface area contributed by atoms with Crippen LogP contribution in [0, 0.1) is 0 Å². The number of esters is 1. The van der Waals surface area contributed by atoms with Gasteiger partial charge in [0, 0.05) is 19.7 Å². The summed E-state index contributed by atoms with van der Waals surface area (Å²) in [4.78, 5) is 29.1. The highest BCUT2D eigenvalue weighted by Gasteiger charge is 2.12. The molecule has 0 bridgehead atoms. The lowest BCUT2D eigenvalue weighted by Crippen LogP contribution is -2.23. The second kappa shape index (κ2) is 5.41. The highest BCUT2D eigenvalue weighted by molar-refractivity contribution is 5.88. The molecule has 0 aliphatic rings. The lowest BCUT2D eigenvalue weighted by Gasteiger charge is -2.08. The van der Waals surface area contributed by atoms with Crippen LogP contribution >= 0.6 is 0 Å². The Morgan fingerprint density at radius 1 is 1.56 bits per heavy atom. The number of rotatable bonds is 4. The first kappa shape index (κ1) is 12.4. The number of aromatic amines is 1. The summed E-state index contributed by atoms with van der Waals surface area (Å²) in [7, 11) is 2.79. The molecule has 1 unspecified atom stereocenters. The topological polar surface area (TPSA) is 81.3 Å². The molecule has 1 heterocycles. The van der Waals surface area contributed by atoms with Crippen molar-refractivity contribution in [2.45, 2.75) is 19.4 Å². The van der Waals surface area contributed by atoms with E-state index in [0.717, 1.165) is 0 Å². The van der Waals surface area contributed by atoms with Crippen molar-refractivity contribution in [2.24, 2.45) is 0 Å². The van der Waals surface area contributed by atoms with Crippen LogP contribution in [-0.2, 0) is 15.9 Å². The number of nitrogens with one attached hydrogen (secondary N) is 1. The maximum absolute atomic E-state index is 11.5. The van der Waals surface area contributed by atoms with Crippen LogP contribution in [0.3, 0.4) is 0 Å². The largest absolute Gasteiger partial charge is 0.465 e. The lowest BCUT2D eigenvalue weighted by molar-refractivity contribution is 0.0598. The summed E-state index contributed by atoms with van der Waals surface area (Å²) in [6.45, 7) is 1.86. The van der Waals surface area contributed by atoms with Gasteiger partial charge in [0.05, 0.1) is 13.2 Å². The van der Waals surface area contributed by atoms with E-state index in [9.17, 15) is 9.59 Å². The van der Waals surface area contributed by atoms with E-state index in [4.69, 9.17) is 4.74 Å². The van der Waals surface area contributed by atoms with Gasteiger partial charge in [0.1, 0.15) is 11.4 Å².